The third-order valence-electron chi connectivity index (χ3n) is 3.85. The zero-order chi connectivity index (χ0) is 14.8. The average Bonchev–Trinajstić information content (AvgIpc) is 2.90. The van der Waals surface area contributed by atoms with Gasteiger partial charge in [-0.1, -0.05) is 6.92 Å². The summed E-state index contributed by atoms with van der Waals surface area (Å²) in [7, 11) is 3.80. The van der Waals surface area contributed by atoms with Crippen LogP contribution in [0.1, 0.15) is 19.8 Å². The van der Waals surface area contributed by atoms with Gasteiger partial charge in [-0.2, -0.15) is 0 Å². The molecule has 1 fully saturated rings. The normalized spacial score (nSPS) is 19.8. The van der Waals surface area contributed by atoms with Crippen LogP contribution in [-0.4, -0.2) is 81.8 Å². The van der Waals surface area contributed by atoms with Gasteiger partial charge in [0, 0.05) is 32.8 Å². The van der Waals surface area contributed by atoms with Crippen LogP contribution in [0.2, 0.25) is 0 Å². The summed E-state index contributed by atoms with van der Waals surface area (Å²) < 4.78 is 5.04. The van der Waals surface area contributed by atoms with Gasteiger partial charge < -0.3 is 20.7 Å². The highest BCUT2D eigenvalue weighted by Crippen LogP contribution is 2.16. The molecule has 126 valence electrons. The largest absolute Gasteiger partial charge is 0.383 e. The lowest BCUT2D eigenvalue weighted by molar-refractivity contribution is 0.162. The molecule has 0 radical (unpaired) electrons. The van der Waals surface area contributed by atoms with Gasteiger partial charge in [-0.3, -0.25) is 9.89 Å². The van der Waals surface area contributed by atoms with Crippen molar-refractivity contribution >= 4 is 29.9 Å². The number of likely N-dealkylation sites (tertiary alicyclic amines) is 1. The van der Waals surface area contributed by atoms with Crippen LogP contribution in [0.15, 0.2) is 4.99 Å². The Morgan fingerprint density at radius 2 is 2.24 bits per heavy atom. The number of hydrogen-bond donors (Lipinski definition) is 2. The Bertz CT molecular complexity index is 291. The molecule has 1 saturated heterocycles. The summed E-state index contributed by atoms with van der Waals surface area (Å²) in [5.74, 6) is 0.563. The standard InChI is InChI=1S/C14H31N5O.HI/c1-4-19-8-5-6-13(19)12-17-14(15)16-7-9-18(2)10-11-20-3;/h13H,4-12H2,1-3H3,(H3,15,16,17);1H. The average molecular weight is 413 g/mol. The molecular formula is C14H32IN5O. The van der Waals surface area contributed by atoms with Crippen LogP contribution in [0, 0.1) is 0 Å². The number of halogens is 1. The predicted octanol–water partition coefficient (Wildman–Crippen LogP) is 0.571. The molecule has 0 aromatic heterocycles. The van der Waals surface area contributed by atoms with Crippen molar-refractivity contribution in [2.45, 2.75) is 25.8 Å². The number of likely N-dealkylation sites (N-methyl/N-ethyl adjacent to an activating group) is 2. The third kappa shape index (κ3) is 8.80. The Morgan fingerprint density at radius 1 is 1.48 bits per heavy atom. The van der Waals surface area contributed by atoms with Crippen LogP contribution in [0.3, 0.4) is 0 Å². The highest BCUT2D eigenvalue weighted by atomic mass is 127. The van der Waals surface area contributed by atoms with Crippen molar-refractivity contribution in [2.24, 2.45) is 10.7 Å². The van der Waals surface area contributed by atoms with E-state index in [1.165, 1.54) is 19.4 Å². The van der Waals surface area contributed by atoms with E-state index in [9.17, 15) is 0 Å². The summed E-state index contributed by atoms with van der Waals surface area (Å²) >= 11 is 0. The number of guanidine groups is 1. The molecule has 1 rings (SSSR count). The van der Waals surface area contributed by atoms with E-state index in [1.807, 2.05) is 0 Å². The van der Waals surface area contributed by atoms with Gasteiger partial charge in [-0.05, 0) is 33.0 Å². The van der Waals surface area contributed by atoms with Crippen molar-refractivity contribution < 1.29 is 4.74 Å². The Hall–Kier alpha value is -0.120. The third-order valence-corrected chi connectivity index (χ3v) is 3.85. The van der Waals surface area contributed by atoms with Crippen molar-refractivity contribution in [1.82, 2.24) is 15.1 Å². The first-order chi connectivity index (χ1) is 9.67. The number of hydrogen-bond acceptors (Lipinski definition) is 4. The van der Waals surface area contributed by atoms with Crippen LogP contribution >= 0.6 is 24.0 Å². The summed E-state index contributed by atoms with van der Waals surface area (Å²) in [6.45, 7) is 8.77. The van der Waals surface area contributed by atoms with Crippen LogP contribution < -0.4 is 11.1 Å². The number of methoxy groups -OCH3 is 1. The van der Waals surface area contributed by atoms with Gasteiger partial charge in [-0.25, -0.2) is 0 Å². The van der Waals surface area contributed by atoms with Gasteiger partial charge in [0.2, 0.25) is 0 Å². The topological polar surface area (TPSA) is 66.1 Å². The van der Waals surface area contributed by atoms with Crippen LogP contribution in [-0.2, 0) is 4.74 Å². The molecule has 6 nitrogen and oxygen atoms in total. The number of nitrogens with one attached hydrogen (secondary N) is 1. The molecule has 1 unspecified atom stereocenters. The Balaban J connectivity index is 0.00000400. The minimum Gasteiger partial charge on any atom is -0.383 e. The van der Waals surface area contributed by atoms with Crippen LogP contribution in [0.4, 0.5) is 0 Å². The molecule has 0 aromatic carbocycles. The number of nitrogens with two attached hydrogens (primary N) is 1. The van der Waals surface area contributed by atoms with Crippen molar-refractivity contribution in [3.63, 3.8) is 0 Å². The summed E-state index contributed by atoms with van der Waals surface area (Å²) in [4.78, 5) is 9.15. The van der Waals surface area contributed by atoms with Gasteiger partial charge in [-0.15, -0.1) is 24.0 Å². The molecule has 21 heavy (non-hydrogen) atoms. The van der Waals surface area contributed by atoms with Crippen molar-refractivity contribution in [3.05, 3.63) is 0 Å². The maximum atomic E-state index is 5.90. The maximum absolute atomic E-state index is 5.90. The first kappa shape index (κ1) is 20.9. The zero-order valence-corrected chi connectivity index (χ0v) is 16.0. The van der Waals surface area contributed by atoms with E-state index < -0.39 is 0 Å². The minimum absolute atomic E-state index is 0. The fourth-order valence-electron chi connectivity index (χ4n) is 2.51. The van der Waals surface area contributed by atoms with Crippen molar-refractivity contribution in [2.75, 3.05) is 60.0 Å². The smallest absolute Gasteiger partial charge is 0.188 e. The number of aliphatic imine (C=N–C) groups is 1. The van der Waals surface area contributed by atoms with Gasteiger partial charge in [0.15, 0.2) is 5.96 Å². The summed E-state index contributed by atoms with van der Waals surface area (Å²) in [5, 5.41) is 3.17. The first-order valence-electron chi connectivity index (χ1n) is 7.62. The lowest BCUT2D eigenvalue weighted by atomic mass is 10.2. The van der Waals surface area contributed by atoms with E-state index in [1.54, 1.807) is 7.11 Å². The van der Waals surface area contributed by atoms with Gasteiger partial charge in [0.25, 0.3) is 0 Å². The highest BCUT2D eigenvalue weighted by molar-refractivity contribution is 14.0. The second-order valence-electron chi connectivity index (χ2n) is 5.37. The summed E-state index contributed by atoms with van der Waals surface area (Å²) in [5.41, 5.74) is 5.90. The Morgan fingerprint density at radius 3 is 2.90 bits per heavy atom. The Labute approximate surface area is 146 Å². The number of ether oxygens (including phenoxy) is 1. The fourth-order valence-corrected chi connectivity index (χ4v) is 2.51. The van der Waals surface area contributed by atoms with E-state index in [4.69, 9.17) is 10.5 Å². The molecule has 1 aliphatic heterocycles. The molecule has 1 aliphatic rings. The molecule has 0 bridgehead atoms. The Kier molecular flexibility index (Phi) is 12.4. The molecule has 7 heteroatoms. The number of rotatable bonds is 9. The van der Waals surface area contributed by atoms with E-state index in [2.05, 4.69) is 34.1 Å². The molecule has 0 aromatic rings. The molecule has 3 N–H and O–H groups in total. The summed E-state index contributed by atoms with van der Waals surface area (Å²) in [6, 6.07) is 0.574. The number of nitrogens with zero attached hydrogens (tertiary/aromatic N) is 3. The monoisotopic (exact) mass is 413 g/mol. The molecule has 0 amide bonds. The molecule has 0 spiro atoms. The van der Waals surface area contributed by atoms with Gasteiger partial charge >= 0.3 is 0 Å². The lowest BCUT2D eigenvalue weighted by Gasteiger charge is -2.21. The first-order valence-corrected chi connectivity index (χ1v) is 7.62. The molecular weight excluding hydrogens is 381 g/mol. The SMILES string of the molecule is CCN1CCCC1CN=C(N)NCCN(C)CCOC.I. The molecule has 0 saturated carbocycles. The van der Waals surface area contributed by atoms with Crippen molar-refractivity contribution in [1.29, 1.82) is 0 Å². The quantitative estimate of drug-likeness (QED) is 0.329. The molecule has 1 atom stereocenters. The molecule has 0 aliphatic carbocycles. The van der Waals surface area contributed by atoms with Gasteiger partial charge in [0.05, 0.1) is 13.2 Å². The maximum Gasteiger partial charge on any atom is 0.188 e. The van der Waals surface area contributed by atoms with E-state index >= 15 is 0 Å². The second-order valence-corrected chi connectivity index (χ2v) is 5.37. The van der Waals surface area contributed by atoms with E-state index in [0.717, 1.165) is 39.3 Å². The van der Waals surface area contributed by atoms with E-state index in [0.29, 0.717) is 12.0 Å². The second kappa shape index (κ2) is 12.4. The van der Waals surface area contributed by atoms with E-state index in [-0.39, 0.29) is 24.0 Å². The predicted molar refractivity (Wildman–Crippen MR) is 99.5 cm³/mol. The zero-order valence-electron chi connectivity index (χ0n) is 13.7. The summed E-state index contributed by atoms with van der Waals surface area (Å²) in [6.07, 6.45) is 2.52. The van der Waals surface area contributed by atoms with Crippen LogP contribution in [0.5, 0.6) is 0 Å². The fraction of sp³-hybridized carbons (Fsp3) is 0.929. The molecule has 1 heterocycles. The van der Waals surface area contributed by atoms with Crippen LogP contribution in [0.25, 0.3) is 0 Å². The van der Waals surface area contributed by atoms with Gasteiger partial charge in [0.1, 0.15) is 0 Å². The lowest BCUT2D eigenvalue weighted by Crippen LogP contribution is -2.39. The minimum atomic E-state index is 0. The van der Waals surface area contributed by atoms with Crippen molar-refractivity contribution in [3.8, 4) is 0 Å². The highest BCUT2D eigenvalue weighted by Gasteiger charge is 2.22.